The number of hydrogen-bond acceptors (Lipinski definition) is 6. The number of rotatable bonds is 12. The van der Waals surface area contributed by atoms with E-state index in [2.05, 4.69) is 10.0 Å². The van der Waals surface area contributed by atoms with Crippen LogP contribution in [0.15, 0.2) is 47.4 Å². The Kier molecular flexibility index (Phi) is 10.9. The first-order valence-corrected chi connectivity index (χ1v) is 11.9. The number of carbonyl (C=O) groups is 2. The molecule has 2 aromatic carbocycles. The minimum absolute atomic E-state index is 0. The maximum atomic E-state index is 13.2. The molecule has 0 aliphatic carbocycles. The summed E-state index contributed by atoms with van der Waals surface area (Å²) in [4.78, 5) is 25.6. The highest BCUT2D eigenvalue weighted by atomic mass is 35.5. The molecule has 0 saturated carbocycles. The number of fused-ring (bicyclic) bond motifs is 1. The molecule has 2 atom stereocenters. The van der Waals surface area contributed by atoms with Crippen LogP contribution in [-0.4, -0.2) is 44.6 Å². The number of guanidine groups is 1. The monoisotopic (exact) mass is 497 g/mol. The van der Waals surface area contributed by atoms with Crippen molar-refractivity contribution in [1.29, 1.82) is 5.41 Å². The van der Waals surface area contributed by atoms with E-state index in [4.69, 9.17) is 16.9 Å². The Labute approximate surface area is 200 Å². The van der Waals surface area contributed by atoms with E-state index in [1.54, 1.807) is 30.3 Å². The number of halogens is 1. The summed E-state index contributed by atoms with van der Waals surface area (Å²) in [6.45, 7) is 4.02. The van der Waals surface area contributed by atoms with Gasteiger partial charge < -0.3 is 16.8 Å². The molecule has 0 aliphatic heterocycles. The number of hydrogen-bond donors (Lipinski definition) is 5. The van der Waals surface area contributed by atoms with Crippen LogP contribution in [0.4, 0.5) is 0 Å². The molecule has 0 radical (unpaired) electrons. The zero-order valence-corrected chi connectivity index (χ0v) is 20.3. The van der Waals surface area contributed by atoms with Crippen molar-refractivity contribution in [1.82, 2.24) is 10.0 Å². The van der Waals surface area contributed by atoms with Gasteiger partial charge in [0, 0.05) is 11.9 Å². The lowest BCUT2D eigenvalue weighted by molar-refractivity contribution is -0.138. The van der Waals surface area contributed by atoms with Crippen LogP contribution in [0.2, 0.25) is 0 Å². The Morgan fingerprint density at radius 2 is 1.70 bits per heavy atom. The van der Waals surface area contributed by atoms with Crippen molar-refractivity contribution in [3.63, 3.8) is 0 Å². The topological polar surface area (TPSA) is 168 Å². The van der Waals surface area contributed by atoms with Crippen LogP contribution in [0.1, 0.15) is 33.1 Å². The van der Waals surface area contributed by atoms with Gasteiger partial charge in [0.2, 0.25) is 21.6 Å². The van der Waals surface area contributed by atoms with E-state index in [1.807, 2.05) is 19.9 Å². The highest BCUT2D eigenvalue weighted by molar-refractivity contribution is 7.89. The number of nitrogens with one attached hydrogen (secondary N) is 3. The first-order valence-electron chi connectivity index (χ1n) is 10.4. The van der Waals surface area contributed by atoms with Gasteiger partial charge in [0.1, 0.15) is 0 Å². The molecule has 2 aromatic rings. The summed E-state index contributed by atoms with van der Waals surface area (Å²) in [5, 5.41) is 11.0. The highest BCUT2D eigenvalue weighted by Gasteiger charge is 2.33. The Bertz CT molecular complexity index is 1090. The largest absolute Gasteiger partial charge is 0.370 e. The third kappa shape index (κ3) is 8.08. The zero-order valence-electron chi connectivity index (χ0n) is 18.7. The van der Waals surface area contributed by atoms with Crippen LogP contribution in [0.5, 0.6) is 0 Å². The molecule has 0 saturated heterocycles. The second-order valence-corrected chi connectivity index (χ2v) is 9.78. The van der Waals surface area contributed by atoms with Crippen molar-refractivity contribution in [2.75, 3.05) is 6.54 Å². The minimum atomic E-state index is -4.08. The summed E-state index contributed by atoms with van der Waals surface area (Å²) in [5.41, 5.74) is 11.1. The van der Waals surface area contributed by atoms with Gasteiger partial charge in [-0.25, -0.2) is 13.1 Å². The van der Waals surface area contributed by atoms with Crippen molar-refractivity contribution in [2.24, 2.45) is 17.4 Å². The molecule has 0 aliphatic rings. The van der Waals surface area contributed by atoms with Gasteiger partial charge in [0.25, 0.3) is 0 Å². The van der Waals surface area contributed by atoms with E-state index in [1.165, 1.54) is 6.07 Å². The number of benzene rings is 2. The Morgan fingerprint density at radius 1 is 1.06 bits per heavy atom. The van der Waals surface area contributed by atoms with Crippen LogP contribution in [-0.2, 0) is 19.6 Å². The van der Waals surface area contributed by atoms with Gasteiger partial charge in [-0.05, 0) is 36.6 Å². The fraction of sp³-hybridized carbons (Fsp3) is 0.409. The molecule has 7 N–H and O–H groups in total. The van der Waals surface area contributed by atoms with E-state index in [0.717, 1.165) is 5.39 Å². The lowest BCUT2D eigenvalue weighted by atomic mass is 9.95. The molecule has 0 aromatic heterocycles. The van der Waals surface area contributed by atoms with E-state index >= 15 is 0 Å². The SMILES string of the molecule is CC(C)C[C@H](NS(=O)(=O)c1cccc2ccccc12)C(=O)C(=O)[C@@H](N)CCCNC(=N)N.Cl. The Hall–Kier alpha value is -2.53. The molecule has 0 spiro atoms. The molecule has 0 amide bonds. The Balaban J connectivity index is 0.00000544. The van der Waals surface area contributed by atoms with Crippen LogP contribution in [0, 0.1) is 11.3 Å². The third-order valence-electron chi connectivity index (χ3n) is 4.95. The molecular formula is C22H32ClN5O4S. The number of ketones is 2. The van der Waals surface area contributed by atoms with Crippen LogP contribution >= 0.6 is 12.4 Å². The molecule has 0 unspecified atom stereocenters. The molecule has 0 heterocycles. The third-order valence-corrected chi connectivity index (χ3v) is 6.48. The zero-order chi connectivity index (χ0) is 23.9. The van der Waals surface area contributed by atoms with Gasteiger partial charge >= 0.3 is 0 Å². The number of sulfonamides is 1. The van der Waals surface area contributed by atoms with Gasteiger partial charge in [0.05, 0.1) is 17.0 Å². The predicted molar refractivity (Wildman–Crippen MR) is 132 cm³/mol. The summed E-state index contributed by atoms with van der Waals surface area (Å²) < 4.78 is 28.8. The van der Waals surface area contributed by atoms with Crippen LogP contribution in [0.3, 0.4) is 0 Å². The summed E-state index contributed by atoms with van der Waals surface area (Å²) in [6.07, 6.45) is 0.791. The average Bonchev–Trinajstić information content (AvgIpc) is 2.74. The van der Waals surface area contributed by atoms with Crippen molar-refractivity contribution >= 4 is 50.7 Å². The number of nitrogens with two attached hydrogens (primary N) is 2. The molecule has 33 heavy (non-hydrogen) atoms. The van der Waals surface area contributed by atoms with E-state index in [9.17, 15) is 18.0 Å². The molecular weight excluding hydrogens is 466 g/mol. The van der Waals surface area contributed by atoms with Gasteiger partial charge in [-0.2, -0.15) is 0 Å². The molecule has 0 bridgehead atoms. The second kappa shape index (κ2) is 12.6. The summed E-state index contributed by atoms with van der Waals surface area (Å²) >= 11 is 0. The quantitative estimate of drug-likeness (QED) is 0.128. The smallest absolute Gasteiger partial charge is 0.241 e. The molecule has 2 rings (SSSR count). The fourth-order valence-electron chi connectivity index (χ4n) is 3.39. The number of carbonyl (C=O) groups excluding carboxylic acids is 2. The van der Waals surface area contributed by atoms with Crippen molar-refractivity contribution in [3.05, 3.63) is 42.5 Å². The first-order chi connectivity index (χ1) is 15.0. The summed E-state index contributed by atoms with van der Waals surface area (Å²) in [5.74, 6) is -1.91. The maximum absolute atomic E-state index is 13.2. The maximum Gasteiger partial charge on any atom is 0.241 e. The van der Waals surface area contributed by atoms with Crippen LogP contribution in [0.25, 0.3) is 10.8 Å². The van der Waals surface area contributed by atoms with Crippen LogP contribution < -0.4 is 21.5 Å². The van der Waals surface area contributed by atoms with Gasteiger partial charge in [-0.3, -0.25) is 15.0 Å². The lowest BCUT2D eigenvalue weighted by Gasteiger charge is -2.21. The van der Waals surface area contributed by atoms with Gasteiger partial charge in [-0.1, -0.05) is 50.2 Å². The fourth-order valence-corrected chi connectivity index (χ4v) is 4.83. The van der Waals surface area contributed by atoms with E-state index in [-0.39, 0.29) is 42.0 Å². The molecule has 9 nitrogen and oxygen atoms in total. The predicted octanol–water partition coefficient (Wildman–Crippen LogP) is 1.68. The van der Waals surface area contributed by atoms with Gasteiger partial charge in [-0.15, -0.1) is 12.4 Å². The summed E-state index contributed by atoms with van der Waals surface area (Å²) in [7, 11) is -4.08. The normalized spacial score (nSPS) is 13.2. The standard InChI is InChI=1S/C22H31N5O4S.ClH/c1-14(2)13-18(21(29)20(28)17(23)10-6-12-26-22(24)25)27-32(30,31)19-11-5-8-15-7-3-4-9-16(15)19;/h3-5,7-9,11,14,17-18,27H,6,10,12-13,23H2,1-2H3,(H4,24,25,26);1H/t17-,18-;/m0./s1. The molecule has 11 heteroatoms. The van der Waals surface area contributed by atoms with Crippen molar-refractivity contribution < 1.29 is 18.0 Å². The summed E-state index contributed by atoms with van der Waals surface area (Å²) in [6, 6.07) is 9.66. The van der Waals surface area contributed by atoms with Crippen molar-refractivity contribution in [3.8, 4) is 0 Å². The van der Waals surface area contributed by atoms with Gasteiger partial charge in [0.15, 0.2) is 5.96 Å². The van der Waals surface area contributed by atoms with E-state index in [0.29, 0.717) is 18.4 Å². The Morgan fingerprint density at radius 3 is 2.33 bits per heavy atom. The number of Topliss-reactive ketones (excluding diaryl/α,β-unsaturated/α-hetero) is 2. The highest BCUT2D eigenvalue weighted by Crippen LogP contribution is 2.23. The molecule has 182 valence electrons. The van der Waals surface area contributed by atoms with Crippen molar-refractivity contribution in [2.45, 2.75) is 50.1 Å². The first kappa shape index (κ1) is 28.5. The molecule has 0 fully saturated rings. The minimum Gasteiger partial charge on any atom is -0.370 e. The second-order valence-electron chi connectivity index (χ2n) is 8.10. The lowest BCUT2D eigenvalue weighted by Crippen LogP contribution is -2.49. The van der Waals surface area contributed by atoms with E-state index < -0.39 is 33.7 Å². The average molecular weight is 498 g/mol.